The van der Waals surface area contributed by atoms with Crippen molar-refractivity contribution < 1.29 is 14.6 Å². The number of hydrogen-bond donors (Lipinski definition) is 2. The topological polar surface area (TPSA) is 75.8 Å². The summed E-state index contributed by atoms with van der Waals surface area (Å²) in [7, 11) is 1.66. The second-order valence-corrected chi connectivity index (χ2v) is 3.67. The van der Waals surface area contributed by atoms with Crippen LogP contribution in [0.1, 0.15) is 17.3 Å². The first-order valence-corrected chi connectivity index (χ1v) is 5.48. The molecule has 94 valence electrons. The van der Waals surface area contributed by atoms with Crippen LogP contribution < -0.4 is 5.73 Å². The summed E-state index contributed by atoms with van der Waals surface area (Å²) in [6.45, 7) is 3.46. The van der Waals surface area contributed by atoms with Crippen molar-refractivity contribution in [3.63, 3.8) is 0 Å². The van der Waals surface area contributed by atoms with Crippen molar-refractivity contribution in [3.8, 4) is 5.75 Å². The van der Waals surface area contributed by atoms with E-state index in [4.69, 9.17) is 10.5 Å². The van der Waals surface area contributed by atoms with E-state index in [9.17, 15) is 9.90 Å². The first-order valence-electron chi connectivity index (χ1n) is 5.48. The third-order valence-electron chi connectivity index (χ3n) is 2.42. The molecule has 5 heteroatoms. The predicted molar refractivity (Wildman–Crippen MR) is 66.0 cm³/mol. The van der Waals surface area contributed by atoms with Gasteiger partial charge in [0.05, 0.1) is 17.9 Å². The molecule has 0 saturated heterocycles. The average Bonchev–Trinajstić information content (AvgIpc) is 2.32. The molecular weight excluding hydrogens is 220 g/mol. The van der Waals surface area contributed by atoms with Crippen LogP contribution in [0.15, 0.2) is 18.2 Å². The Bertz CT molecular complexity index is 393. The molecule has 1 amide bonds. The molecule has 0 spiro atoms. The van der Waals surface area contributed by atoms with E-state index in [1.807, 2.05) is 6.92 Å². The number of para-hydroxylation sites is 1. The van der Waals surface area contributed by atoms with E-state index in [0.29, 0.717) is 19.8 Å². The number of hydrogen-bond acceptors (Lipinski definition) is 4. The van der Waals surface area contributed by atoms with Gasteiger partial charge in [-0.15, -0.1) is 0 Å². The fourth-order valence-corrected chi connectivity index (χ4v) is 1.39. The molecule has 0 aliphatic heterocycles. The molecule has 0 bridgehead atoms. The number of nitrogen functional groups attached to an aromatic ring is 1. The Morgan fingerprint density at radius 2 is 2.24 bits per heavy atom. The summed E-state index contributed by atoms with van der Waals surface area (Å²) in [5, 5.41) is 9.68. The number of anilines is 1. The maximum absolute atomic E-state index is 12.0. The van der Waals surface area contributed by atoms with Crippen molar-refractivity contribution in [2.75, 3.05) is 32.5 Å². The van der Waals surface area contributed by atoms with E-state index in [1.54, 1.807) is 25.2 Å². The maximum Gasteiger partial charge on any atom is 0.257 e. The quantitative estimate of drug-likeness (QED) is 0.457. The number of carbonyl (C=O) groups excluding carboxylic acids is 1. The van der Waals surface area contributed by atoms with Crippen LogP contribution in [-0.4, -0.2) is 42.7 Å². The number of phenols is 1. The van der Waals surface area contributed by atoms with Crippen LogP contribution in [0.25, 0.3) is 0 Å². The Balaban J connectivity index is 2.71. The van der Waals surface area contributed by atoms with Crippen LogP contribution in [0.2, 0.25) is 0 Å². The summed E-state index contributed by atoms with van der Waals surface area (Å²) >= 11 is 0. The van der Waals surface area contributed by atoms with Gasteiger partial charge in [-0.05, 0) is 19.1 Å². The lowest BCUT2D eigenvalue weighted by Gasteiger charge is -2.18. The molecule has 1 rings (SSSR count). The van der Waals surface area contributed by atoms with Gasteiger partial charge in [0.1, 0.15) is 0 Å². The standard InChI is InChI=1S/C12H18N2O3/c1-3-17-8-7-14(2)12(16)9-5-4-6-10(13)11(9)15/h4-6,15H,3,7-8,13H2,1-2H3. The average molecular weight is 238 g/mol. The van der Waals surface area contributed by atoms with E-state index in [-0.39, 0.29) is 22.9 Å². The van der Waals surface area contributed by atoms with Crippen molar-refractivity contribution >= 4 is 11.6 Å². The molecule has 1 aromatic rings. The lowest BCUT2D eigenvalue weighted by molar-refractivity contribution is 0.0707. The minimum atomic E-state index is -0.269. The molecule has 1 aromatic carbocycles. The van der Waals surface area contributed by atoms with Crippen molar-refractivity contribution in [1.29, 1.82) is 0 Å². The number of nitrogens with zero attached hydrogens (tertiary/aromatic N) is 1. The summed E-state index contributed by atoms with van der Waals surface area (Å²) < 4.78 is 5.16. The molecule has 0 unspecified atom stereocenters. The van der Waals surface area contributed by atoms with Gasteiger partial charge in [0, 0.05) is 20.2 Å². The van der Waals surface area contributed by atoms with Crippen molar-refractivity contribution in [1.82, 2.24) is 4.90 Å². The zero-order valence-electron chi connectivity index (χ0n) is 10.1. The molecule has 0 aliphatic carbocycles. The first-order chi connectivity index (χ1) is 8.07. The number of likely N-dealkylation sites (N-methyl/N-ethyl adjacent to an activating group) is 1. The Kier molecular flexibility index (Phi) is 4.78. The van der Waals surface area contributed by atoms with E-state index in [0.717, 1.165) is 0 Å². The number of amides is 1. The van der Waals surface area contributed by atoms with Gasteiger partial charge in [-0.1, -0.05) is 6.07 Å². The monoisotopic (exact) mass is 238 g/mol. The van der Waals surface area contributed by atoms with Gasteiger partial charge in [-0.3, -0.25) is 4.79 Å². The van der Waals surface area contributed by atoms with Crippen LogP contribution >= 0.6 is 0 Å². The molecule has 0 aliphatic rings. The molecule has 17 heavy (non-hydrogen) atoms. The molecule has 3 N–H and O–H groups in total. The fraction of sp³-hybridized carbons (Fsp3) is 0.417. The van der Waals surface area contributed by atoms with Gasteiger partial charge in [-0.25, -0.2) is 0 Å². The van der Waals surface area contributed by atoms with Gasteiger partial charge in [0.15, 0.2) is 5.75 Å². The number of aromatic hydroxyl groups is 1. The van der Waals surface area contributed by atoms with Gasteiger partial charge >= 0.3 is 0 Å². The summed E-state index contributed by atoms with van der Waals surface area (Å²) in [6, 6.07) is 4.73. The molecule has 0 atom stereocenters. The van der Waals surface area contributed by atoms with Crippen molar-refractivity contribution in [2.24, 2.45) is 0 Å². The molecule has 5 nitrogen and oxygen atoms in total. The molecule has 0 heterocycles. The molecule has 0 fully saturated rings. The molecule has 0 saturated carbocycles. The summed E-state index contributed by atoms with van der Waals surface area (Å²) in [5.41, 5.74) is 5.95. The SMILES string of the molecule is CCOCCN(C)C(=O)c1cccc(N)c1O. The number of phenolic OH excluding ortho intramolecular Hbond substituents is 1. The van der Waals surface area contributed by atoms with Crippen molar-refractivity contribution in [3.05, 3.63) is 23.8 Å². The van der Waals surface area contributed by atoms with Crippen LogP contribution in [0.5, 0.6) is 5.75 Å². The van der Waals surface area contributed by atoms with E-state index in [1.165, 1.54) is 4.90 Å². The highest BCUT2D eigenvalue weighted by Crippen LogP contribution is 2.25. The van der Waals surface area contributed by atoms with Gasteiger partial charge in [0.2, 0.25) is 0 Å². The normalized spacial score (nSPS) is 10.2. The zero-order valence-corrected chi connectivity index (χ0v) is 10.1. The van der Waals surface area contributed by atoms with Gasteiger partial charge in [-0.2, -0.15) is 0 Å². The summed E-state index contributed by atoms with van der Waals surface area (Å²) in [6.07, 6.45) is 0. The highest BCUT2D eigenvalue weighted by molar-refractivity contribution is 5.98. The Morgan fingerprint density at radius 3 is 2.88 bits per heavy atom. The fourth-order valence-electron chi connectivity index (χ4n) is 1.39. The van der Waals surface area contributed by atoms with Crippen LogP contribution in [0, 0.1) is 0 Å². The number of rotatable bonds is 5. The smallest absolute Gasteiger partial charge is 0.257 e. The third kappa shape index (κ3) is 3.35. The molecule has 0 radical (unpaired) electrons. The zero-order chi connectivity index (χ0) is 12.8. The van der Waals surface area contributed by atoms with E-state index in [2.05, 4.69) is 0 Å². The number of ether oxygens (including phenoxy) is 1. The summed E-state index contributed by atoms with van der Waals surface area (Å²) in [4.78, 5) is 13.5. The Hall–Kier alpha value is -1.75. The second kappa shape index (κ2) is 6.10. The lowest BCUT2D eigenvalue weighted by Crippen LogP contribution is -2.30. The third-order valence-corrected chi connectivity index (χ3v) is 2.42. The highest BCUT2D eigenvalue weighted by Gasteiger charge is 2.16. The first kappa shape index (κ1) is 13.3. The van der Waals surface area contributed by atoms with Gasteiger partial charge < -0.3 is 20.5 Å². The largest absolute Gasteiger partial charge is 0.505 e. The number of nitrogens with two attached hydrogens (primary N) is 1. The minimum absolute atomic E-state index is 0.166. The van der Waals surface area contributed by atoms with Crippen molar-refractivity contribution in [2.45, 2.75) is 6.92 Å². The summed E-state index contributed by atoms with van der Waals surface area (Å²) in [5.74, 6) is -0.435. The number of benzene rings is 1. The molecule has 0 aromatic heterocycles. The van der Waals surface area contributed by atoms with Crippen LogP contribution in [0.3, 0.4) is 0 Å². The minimum Gasteiger partial charge on any atom is -0.505 e. The second-order valence-electron chi connectivity index (χ2n) is 3.67. The molecular formula is C12H18N2O3. The van der Waals surface area contributed by atoms with Gasteiger partial charge in [0.25, 0.3) is 5.91 Å². The predicted octanol–water partition coefficient (Wildman–Crippen LogP) is 1.08. The Labute approximate surface area is 101 Å². The maximum atomic E-state index is 12.0. The Morgan fingerprint density at radius 1 is 1.53 bits per heavy atom. The van der Waals surface area contributed by atoms with E-state index < -0.39 is 0 Å². The number of carbonyl (C=O) groups is 1. The van der Waals surface area contributed by atoms with E-state index >= 15 is 0 Å². The lowest BCUT2D eigenvalue weighted by atomic mass is 10.1. The van der Waals surface area contributed by atoms with Crippen LogP contribution in [-0.2, 0) is 4.74 Å². The van der Waals surface area contributed by atoms with Crippen LogP contribution in [0.4, 0.5) is 5.69 Å². The highest BCUT2D eigenvalue weighted by atomic mass is 16.5.